The summed E-state index contributed by atoms with van der Waals surface area (Å²) in [5.41, 5.74) is -0.0424. The number of hydrogen-bond donors (Lipinski definition) is 2. The van der Waals surface area contributed by atoms with E-state index in [9.17, 15) is 10.1 Å². The summed E-state index contributed by atoms with van der Waals surface area (Å²) in [4.78, 5) is 14.3. The van der Waals surface area contributed by atoms with Gasteiger partial charge in [0.05, 0.1) is 11.0 Å². The van der Waals surface area contributed by atoms with Gasteiger partial charge in [0.1, 0.15) is 0 Å². The number of nitrogens with one attached hydrogen (secondary N) is 1. The van der Waals surface area contributed by atoms with E-state index in [1.807, 2.05) is 0 Å². The maximum Gasteiger partial charge on any atom is 0.312 e. The minimum atomic E-state index is -0.463. The summed E-state index contributed by atoms with van der Waals surface area (Å²) in [5, 5.41) is 22.9. The van der Waals surface area contributed by atoms with Crippen molar-refractivity contribution in [3.8, 4) is 0 Å². The van der Waals surface area contributed by atoms with Crippen molar-refractivity contribution in [2.45, 2.75) is 18.9 Å². The van der Waals surface area contributed by atoms with Crippen molar-refractivity contribution in [2.24, 2.45) is 5.92 Å². The summed E-state index contributed by atoms with van der Waals surface area (Å²) >= 11 is 3.15. The molecule has 0 spiro atoms. The van der Waals surface area contributed by atoms with Gasteiger partial charge in [-0.3, -0.25) is 10.1 Å². The van der Waals surface area contributed by atoms with Crippen LogP contribution in [0.5, 0.6) is 0 Å². The van der Waals surface area contributed by atoms with Gasteiger partial charge in [-0.1, -0.05) is 0 Å². The summed E-state index contributed by atoms with van der Waals surface area (Å²) < 4.78 is 0.578. The van der Waals surface area contributed by atoms with Gasteiger partial charge in [0, 0.05) is 23.3 Å². The Morgan fingerprint density at radius 2 is 2.35 bits per heavy atom. The molecule has 2 N–H and O–H groups in total. The molecule has 1 aromatic heterocycles. The van der Waals surface area contributed by atoms with Crippen LogP contribution in [0, 0.1) is 16.0 Å². The van der Waals surface area contributed by atoms with Crippen LogP contribution in [-0.4, -0.2) is 27.7 Å². The van der Waals surface area contributed by atoms with Gasteiger partial charge < -0.3 is 10.4 Å². The first-order valence-corrected chi connectivity index (χ1v) is 6.07. The summed E-state index contributed by atoms with van der Waals surface area (Å²) in [5.74, 6) is 0.648. The third-order valence-corrected chi connectivity index (χ3v) is 3.23. The number of pyridine rings is 1. The van der Waals surface area contributed by atoms with Gasteiger partial charge in [-0.2, -0.15) is 0 Å². The molecule has 0 bridgehead atoms. The Hall–Kier alpha value is -1.21. The minimum absolute atomic E-state index is 0.0424. The Kier molecular flexibility index (Phi) is 3.58. The molecule has 1 saturated carbocycles. The van der Waals surface area contributed by atoms with Crippen molar-refractivity contribution in [3.63, 3.8) is 0 Å². The quantitative estimate of drug-likeness (QED) is 0.655. The Balaban J connectivity index is 2.02. The second kappa shape index (κ2) is 4.97. The average molecular weight is 302 g/mol. The highest BCUT2D eigenvalue weighted by atomic mass is 79.9. The van der Waals surface area contributed by atoms with Gasteiger partial charge in [-0.25, -0.2) is 4.98 Å². The zero-order valence-electron chi connectivity index (χ0n) is 8.97. The number of hydrogen-bond acceptors (Lipinski definition) is 5. The molecule has 7 heteroatoms. The van der Waals surface area contributed by atoms with Crippen LogP contribution in [0.2, 0.25) is 0 Å². The van der Waals surface area contributed by atoms with Gasteiger partial charge in [0.2, 0.25) is 5.82 Å². The lowest BCUT2D eigenvalue weighted by Crippen LogP contribution is -2.33. The van der Waals surface area contributed by atoms with Gasteiger partial charge in [-0.15, -0.1) is 0 Å². The van der Waals surface area contributed by atoms with Crippen molar-refractivity contribution in [1.29, 1.82) is 0 Å². The van der Waals surface area contributed by atoms with Crippen LogP contribution >= 0.6 is 15.9 Å². The molecule has 0 radical (unpaired) electrons. The lowest BCUT2D eigenvalue weighted by Gasteiger charge is -2.31. The van der Waals surface area contributed by atoms with Crippen molar-refractivity contribution >= 4 is 27.4 Å². The molecule has 92 valence electrons. The third-order valence-electron chi connectivity index (χ3n) is 2.80. The van der Waals surface area contributed by atoms with E-state index in [0.29, 0.717) is 16.9 Å². The van der Waals surface area contributed by atoms with E-state index in [1.54, 1.807) is 0 Å². The highest BCUT2D eigenvalue weighted by Gasteiger charge is 2.27. The fraction of sp³-hybridized carbons (Fsp3) is 0.500. The summed E-state index contributed by atoms with van der Waals surface area (Å²) in [6.07, 6.45) is 2.80. The largest absolute Gasteiger partial charge is 0.393 e. The average Bonchev–Trinajstić information content (AvgIpc) is 2.24. The standard InChI is InChI=1S/C10H12BrN3O3/c11-7-3-9(14(16)17)10(13-5-7)12-4-6-1-8(15)2-6/h3,5-6,8,15H,1-2,4H2,(H,12,13). The van der Waals surface area contributed by atoms with E-state index >= 15 is 0 Å². The highest BCUT2D eigenvalue weighted by Crippen LogP contribution is 2.29. The smallest absolute Gasteiger partial charge is 0.312 e. The SMILES string of the molecule is O=[N+]([O-])c1cc(Br)cnc1NCC1CC(O)C1. The number of nitrogens with zero attached hydrogens (tertiary/aromatic N) is 2. The fourth-order valence-corrected chi connectivity index (χ4v) is 2.13. The van der Waals surface area contributed by atoms with Crippen molar-refractivity contribution in [2.75, 3.05) is 11.9 Å². The highest BCUT2D eigenvalue weighted by molar-refractivity contribution is 9.10. The van der Waals surface area contributed by atoms with Gasteiger partial charge >= 0.3 is 5.69 Å². The molecule has 2 rings (SSSR count). The second-order valence-electron chi connectivity index (χ2n) is 4.15. The van der Waals surface area contributed by atoms with Gasteiger partial charge in [-0.05, 0) is 34.7 Å². The molecule has 0 atom stereocenters. The zero-order chi connectivity index (χ0) is 12.4. The van der Waals surface area contributed by atoms with E-state index < -0.39 is 4.92 Å². The van der Waals surface area contributed by atoms with Crippen molar-refractivity contribution in [1.82, 2.24) is 4.98 Å². The first-order chi connectivity index (χ1) is 8.06. The van der Waals surface area contributed by atoms with E-state index in [4.69, 9.17) is 5.11 Å². The summed E-state index contributed by atoms with van der Waals surface area (Å²) in [6, 6.07) is 1.42. The van der Waals surface area contributed by atoms with Gasteiger partial charge in [0.15, 0.2) is 0 Å². The molecular formula is C10H12BrN3O3. The first-order valence-electron chi connectivity index (χ1n) is 5.28. The fourth-order valence-electron chi connectivity index (χ4n) is 1.81. The van der Waals surface area contributed by atoms with Crippen LogP contribution < -0.4 is 5.32 Å². The predicted molar refractivity (Wildman–Crippen MR) is 65.8 cm³/mol. The maximum absolute atomic E-state index is 10.8. The molecular weight excluding hydrogens is 290 g/mol. The molecule has 1 heterocycles. The lowest BCUT2D eigenvalue weighted by atomic mass is 9.82. The van der Waals surface area contributed by atoms with Crippen LogP contribution in [0.15, 0.2) is 16.7 Å². The summed E-state index contributed by atoms with van der Waals surface area (Å²) in [7, 11) is 0. The van der Waals surface area contributed by atoms with Crippen molar-refractivity contribution < 1.29 is 10.0 Å². The third kappa shape index (κ3) is 2.92. The number of aliphatic hydroxyl groups excluding tert-OH is 1. The molecule has 17 heavy (non-hydrogen) atoms. The van der Waals surface area contributed by atoms with E-state index in [2.05, 4.69) is 26.2 Å². The van der Waals surface area contributed by atoms with Crippen LogP contribution in [0.25, 0.3) is 0 Å². The molecule has 0 unspecified atom stereocenters. The van der Waals surface area contributed by atoms with E-state index in [1.165, 1.54) is 12.3 Å². The molecule has 0 aromatic carbocycles. The molecule has 0 aliphatic heterocycles. The molecule has 0 saturated heterocycles. The summed E-state index contributed by atoms with van der Waals surface area (Å²) in [6.45, 7) is 0.604. The van der Waals surface area contributed by atoms with E-state index in [-0.39, 0.29) is 17.6 Å². The van der Waals surface area contributed by atoms with Gasteiger partial charge in [0.25, 0.3) is 0 Å². The normalized spacial score (nSPS) is 22.9. The Labute approximate surface area is 106 Å². The Morgan fingerprint density at radius 1 is 1.65 bits per heavy atom. The number of anilines is 1. The number of rotatable bonds is 4. The number of halogens is 1. The molecule has 0 amide bonds. The van der Waals surface area contributed by atoms with E-state index in [0.717, 1.165) is 12.8 Å². The zero-order valence-corrected chi connectivity index (χ0v) is 10.6. The molecule has 1 fully saturated rings. The number of aromatic nitrogens is 1. The topological polar surface area (TPSA) is 88.3 Å². The lowest BCUT2D eigenvalue weighted by molar-refractivity contribution is -0.384. The molecule has 6 nitrogen and oxygen atoms in total. The monoisotopic (exact) mass is 301 g/mol. The molecule has 1 aliphatic rings. The second-order valence-corrected chi connectivity index (χ2v) is 5.07. The minimum Gasteiger partial charge on any atom is -0.393 e. The van der Waals surface area contributed by atoms with Crippen LogP contribution in [0.4, 0.5) is 11.5 Å². The Bertz CT molecular complexity index is 435. The van der Waals surface area contributed by atoms with Crippen LogP contribution in [0.3, 0.4) is 0 Å². The number of nitro groups is 1. The molecule has 1 aliphatic carbocycles. The van der Waals surface area contributed by atoms with Crippen molar-refractivity contribution in [3.05, 3.63) is 26.9 Å². The predicted octanol–water partition coefficient (Wildman–Crippen LogP) is 1.94. The first kappa shape index (κ1) is 12.3. The number of aliphatic hydroxyl groups is 1. The Morgan fingerprint density at radius 3 is 2.94 bits per heavy atom. The van der Waals surface area contributed by atoms with Crippen LogP contribution in [0.1, 0.15) is 12.8 Å². The maximum atomic E-state index is 10.8. The molecule has 1 aromatic rings. The van der Waals surface area contributed by atoms with Crippen LogP contribution in [-0.2, 0) is 0 Å².